The summed E-state index contributed by atoms with van der Waals surface area (Å²) in [5.41, 5.74) is 0.112. The lowest BCUT2D eigenvalue weighted by Crippen LogP contribution is -2.45. The SMILES string of the molecule is CCCCNC(=O)C(C)NCC(C)(C)CCCO. The van der Waals surface area contributed by atoms with Crippen molar-refractivity contribution in [2.24, 2.45) is 5.41 Å². The number of aliphatic hydroxyl groups excluding tert-OH is 1. The Morgan fingerprint density at radius 3 is 2.56 bits per heavy atom. The molecular formula is C14H30N2O2. The lowest BCUT2D eigenvalue weighted by molar-refractivity contribution is -0.122. The Hall–Kier alpha value is -0.610. The van der Waals surface area contributed by atoms with Crippen LogP contribution in [0.5, 0.6) is 0 Å². The first-order valence-corrected chi connectivity index (χ1v) is 7.05. The molecule has 108 valence electrons. The van der Waals surface area contributed by atoms with Gasteiger partial charge in [0.05, 0.1) is 6.04 Å². The van der Waals surface area contributed by atoms with Crippen molar-refractivity contribution < 1.29 is 9.90 Å². The second-order valence-corrected chi connectivity index (χ2v) is 5.74. The summed E-state index contributed by atoms with van der Waals surface area (Å²) in [5, 5.41) is 15.0. The lowest BCUT2D eigenvalue weighted by atomic mass is 9.87. The van der Waals surface area contributed by atoms with Crippen LogP contribution in [0, 0.1) is 5.41 Å². The molecule has 0 aromatic rings. The number of nitrogens with one attached hydrogen (secondary N) is 2. The highest BCUT2D eigenvalue weighted by atomic mass is 16.2. The molecule has 1 atom stereocenters. The summed E-state index contributed by atoms with van der Waals surface area (Å²) in [4.78, 5) is 11.7. The molecule has 3 N–H and O–H groups in total. The number of hydrogen-bond acceptors (Lipinski definition) is 3. The molecule has 4 nitrogen and oxygen atoms in total. The van der Waals surface area contributed by atoms with Gasteiger partial charge in [-0.05, 0) is 31.6 Å². The third kappa shape index (κ3) is 8.48. The van der Waals surface area contributed by atoms with E-state index in [4.69, 9.17) is 5.11 Å². The van der Waals surface area contributed by atoms with Crippen molar-refractivity contribution in [2.75, 3.05) is 19.7 Å². The number of amides is 1. The van der Waals surface area contributed by atoms with Gasteiger partial charge in [0.15, 0.2) is 0 Å². The third-order valence-corrected chi connectivity index (χ3v) is 3.12. The quantitative estimate of drug-likeness (QED) is 0.522. The summed E-state index contributed by atoms with van der Waals surface area (Å²) >= 11 is 0. The van der Waals surface area contributed by atoms with Gasteiger partial charge in [-0.2, -0.15) is 0 Å². The standard InChI is InChI=1S/C14H30N2O2/c1-5-6-9-15-13(18)12(2)16-11-14(3,4)8-7-10-17/h12,16-17H,5-11H2,1-4H3,(H,15,18). The van der Waals surface area contributed by atoms with Gasteiger partial charge in [-0.15, -0.1) is 0 Å². The van der Waals surface area contributed by atoms with Crippen LogP contribution in [0.3, 0.4) is 0 Å². The van der Waals surface area contributed by atoms with E-state index < -0.39 is 0 Å². The number of hydrogen-bond donors (Lipinski definition) is 3. The molecular weight excluding hydrogens is 228 g/mol. The fourth-order valence-electron chi connectivity index (χ4n) is 1.71. The maximum atomic E-state index is 11.7. The fraction of sp³-hybridized carbons (Fsp3) is 0.929. The lowest BCUT2D eigenvalue weighted by Gasteiger charge is -2.26. The summed E-state index contributed by atoms with van der Waals surface area (Å²) in [6.45, 7) is 10.1. The van der Waals surface area contributed by atoms with E-state index in [1.807, 2.05) is 6.92 Å². The van der Waals surface area contributed by atoms with Gasteiger partial charge in [-0.1, -0.05) is 27.2 Å². The molecule has 0 aromatic carbocycles. The molecule has 18 heavy (non-hydrogen) atoms. The highest BCUT2D eigenvalue weighted by molar-refractivity contribution is 5.81. The van der Waals surface area contributed by atoms with E-state index in [9.17, 15) is 4.79 Å². The summed E-state index contributed by atoms with van der Waals surface area (Å²) in [7, 11) is 0. The molecule has 0 fully saturated rings. The molecule has 0 spiro atoms. The second kappa shape index (κ2) is 9.34. The van der Waals surface area contributed by atoms with Crippen LogP contribution in [-0.4, -0.2) is 36.8 Å². The zero-order valence-electron chi connectivity index (χ0n) is 12.4. The number of carbonyl (C=O) groups excluding carboxylic acids is 1. The van der Waals surface area contributed by atoms with Gasteiger partial charge >= 0.3 is 0 Å². The number of rotatable bonds is 10. The van der Waals surface area contributed by atoms with Crippen LogP contribution in [0.4, 0.5) is 0 Å². The minimum absolute atomic E-state index is 0.0707. The summed E-state index contributed by atoms with van der Waals surface area (Å²) in [6, 6.07) is -0.157. The Morgan fingerprint density at radius 1 is 1.33 bits per heavy atom. The molecule has 0 saturated carbocycles. The Morgan fingerprint density at radius 2 is 2.00 bits per heavy atom. The second-order valence-electron chi connectivity index (χ2n) is 5.74. The van der Waals surface area contributed by atoms with Gasteiger partial charge in [-0.3, -0.25) is 4.79 Å². The van der Waals surface area contributed by atoms with Crippen molar-refractivity contribution in [3.63, 3.8) is 0 Å². The Balaban J connectivity index is 3.86. The smallest absolute Gasteiger partial charge is 0.236 e. The first kappa shape index (κ1) is 17.4. The van der Waals surface area contributed by atoms with E-state index in [2.05, 4.69) is 31.4 Å². The zero-order chi connectivity index (χ0) is 14.0. The van der Waals surface area contributed by atoms with Crippen LogP contribution >= 0.6 is 0 Å². The predicted octanol–water partition coefficient (Wildman–Crippen LogP) is 1.68. The van der Waals surface area contributed by atoms with Gasteiger partial charge in [-0.25, -0.2) is 0 Å². The van der Waals surface area contributed by atoms with Crippen LogP contribution in [-0.2, 0) is 4.79 Å². The number of carbonyl (C=O) groups is 1. The highest BCUT2D eigenvalue weighted by Gasteiger charge is 2.20. The molecule has 0 saturated heterocycles. The number of unbranched alkanes of at least 4 members (excludes halogenated alkanes) is 1. The van der Waals surface area contributed by atoms with E-state index in [0.29, 0.717) is 0 Å². The van der Waals surface area contributed by atoms with E-state index in [1.54, 1.807) is 0 Å². The molecule has 1 unspecified atom stereocenters. The minimum atomic E-state index is -0.157. The molecule has 0 aliphatic rings. The molecule has 0 bridgehead atoms. The molecule has 0 aromatic heterocycles. The van der Waals surface area contributed by atoms with E-state index in [1.165, 1.54) is 0 Å². The first-order chi connectivity index (χ1) is 8.43. The summed E-state index contributed by atoms with van der Waals surface area (Å²) in [6.07, 6.45) is 3.89. The van der Waals surface area contributed by atoms with Crippen LogP contribution < -0.4 is 10.6 Å². The Bertz CT molecular complexity index is 230. The van der Waals surface area contributed by atoms with E-state index >= 15 is 0 Å². The summed E-state index contributed by atoms with van der Waals surface area (Å²) in [5.74, 6) is 0.0707. The normalized spacial score (nSPS) is 13.4. The molecule has 0 rings (SSSR count). The highest BCUT2D eigenvalue weighted by Crippen LogP contribution is 2.20. The van der Waals surface area contributed by atoms with Gasteiger partial charge < -0.3 is 15.7 Å². The Kier molecular flexibility index (Phi) is 9.02. The van der Waals surface area contributed by atoms with Gasteiger partial charge in [0.1, 0.15) is 0 Å². The first-order valence-electron chi connectivity index (χ1n) is 7.05. The topological polar surface area (TPSA) is 61.4 Å². The molecule has 0 aliphatic heterocycles. The largest absolute Gasteiger partial charge is 0.396 e. The molecule has 0 radical (unpaired) electrons. The van der Waals surface area contributed by atoms with Gasteiger partial charge in [0, 0.05) is 19.7 Å². The van der Waals surface area contributed by atoms with Crippen LogP contribution in [0.25, 0.3) is 0 Å². The number of aliphatic hydroxyl groups is 1. The molecule has 1 amide bonds. The molecule has 0 aliphatic carbocycles. The third-order valence-electron chi connectivity index (χ3n) is 3.12. The van der Waals surface area contributed by atoms with Crippen LogP contribution in [0.2, 0.25) is 0 Å². The van der Waals surface area contributed by atoms with Crippen molar-refractivity contribution in [2.45, 2.75) is 59.4 Å². The van der Waals surface area contributed by atoms with Crippen molar-refractivity contribution >= 4 is 5.91 Å². The maximum absolute atomic E-state index is 11.7. The van der Waals surface area contributed by atoms with E-state index in [-0.39, 0.29) is 24.0 Å². The van der Waals surface area contributed by atoms with Gasteiger partial charge in [0.2, 0.25) is 5.91 Å². The van der Waals surface area contributed by atoms with Crippen molar-refractivity contribution in [1.82, 2.24) is 10.6 Å². The molecule has 4 heteroatoms. The zero-order valence-corrected chi connectivity index (χ0v) is 12.4. The van der Waals surface area contributed by atoms with Crippen LogP contribution in [0.1, 0.15) is 53.4 Å². The van der Waals surface area contributed by atoms with Gasteiger partial charge in [0.25, 0.3) is 0 Å². The monoisotopic (exact) mass is 258 g/mol. The van der Waals surface area contributed by atoms with E-state index in [0.717, 1.165) is 38.8 Å². The fourth-order valence-corrected chi connectivity index (χ4v) is 1.71. The Labute approximate surface area is 112 Å². The predicted molar refractivity (Wildman–Crippen MR) is 75.5 cm³/mol. The van der Waals surface area contributed by atoms with Crippen molar-refractivity contribution in [3.05, 3.63) is 0 Å². The van der Waals surface area contributed by atoms with Crippen molar-refractivity contribution in [3.8, 4) is 0 Å². The average molecular weight is 258 g/mol. The van der Waals surface area contributed by atoms with Crippen LogP contribution in [0.15, 0.2) is 0 Å². The average Bonchev–Trinajstić information content (AvgIpc) is 2.34. The summed E-state index contributed by atoms with van der Waals surface area (Å²) < 4.78 is 0. The minimum Gasteiger partial charge on any atom is -0.396 e. The maximum Gasteiger partial charge on any atom is 0.236 e. The molecule has 0 heterocycles. The van der Waals surface area contributed by atoms with Crippen molar-refractivity contribution in [1.29, 1.82) is 0 Å².